The number of carbonyl (C=O) groups excluding carboxylic acids is 3. The Morgan fingerprint density at radius 2 is 1.23 bits per heavy atom. The molecule has 56 heavy (non-hydrogen) atoms. The molecule has 1 aromatic rings. The molecule has 0 saturated carbocycles. The lowest BCUT2D eigenvalue weighted by Crippen LogP contribution is -2.71. The number of amides is 4. The van der Waals surface area contributed by atoms with Crippen LogP contribution in [0.25, 0.3) is 0 Å². The molecule has 1 fully saturated rings. The quantitative estimate of drug-likeness (QED) is 0.0485. The monoisotopic (exact) mass is 791 g/mol. The molecule has 0 aliphatic carbocycles. The molecule has 1 heterocycles. The van der Waals surface area contributed by atoms with Gasteiger partial charge < -0.3 is 35.8 Å². The van der Waals surface area contributed by atoms with Crippen molar-refractivity contribution in [2.45, 2.75) is 205 Å². The number of ether oxygens (including phenoxy) is 2. The fourth-order valence-electron chi connectivity index (χ4n) is 7.36. The summed E-state index contributed by atoms with van der Waals surface area (Å²) < 4.78 is 11.7. The van der Waals surface area contributed by atoms with E-state index in [0.29, 0.717) is 23.4 Å². The number of hydrogen-bond donors (Lipinski definition) is 5. The minimum Gasteiger partial charge on any atom is -0.444 e. The normalized spacial score (nSPS) is 20.0. The number of hydrogen-bond acceptors (Lipinski definition) is 9. The van der Waals surface area contributed by atoms with Crippen LogP contribution in [0, 0.1) is 0 Å². The first-order valence-corrected chi connectivity index (χ1v) is 22.1. The summed E-state index contributed by atoms with van der Waals surface area (Å²) in [6, 6.07) is 5.68. The first kappa shape index (κ1) is 49.4. The Hall–Kier alpha value is -2.77. The predicted molar refractivity (Wildman–Crippen MR) is 222 cm³/mol. The van der Waals surface area contributed by atoms with Crippen LogP contribution in [0.1, 0.15) is 168 Å². The molecule has 0 radical (unpaired) electrons. The van der Waals surface area contributed by atoms with Gasteiger partial charge in [-0.2, -0.15) is 0 Å². The van der Waals surface area contributed by atoms with Crippen molar-refractivity contribution < 1.29 is 39.2 Å². The van der Waals surface area contributed by atoms with Crippen molar-refractivity contribution in [1.29, 1.82) is 0 Å². The molecule has 6 atom stereocenters. The molecule has 0 unspecified atom stereocenters. The predicted octanol–water partition coefficient (Wildman–Crippen LogP) is 7.94. The molecule has 1 aliphatic rings. The Morgan fingerprint density at radius 3 is 1.71 bits per heavy atom. The molecule has 0 spiro atoms. The van der Waals surface area contributed by atoms with Gasteiger partial charge in [0.15, 0.2) is 6.23 Å². The van der Waals surface area contributed by atoms with Crippen LogP contribution in [0.2, 0.25) is 0 Å². The lowest BCUT2D eigenvalue weighted by Gasteiger charge is -2.49. The fourth-order valence-corrected chi connectivity index (χ4v) is 7.36. The zero-order valence-corrected chi connectivity index (χ0v) is 35.1. The van der Waals surface area contributed by atoms with Crippen LogP contribution in [0.5, 0.6) is 0 Å². The van der Waals surface area contributed by atoms with Crippen molar-refractivity contribution in [3.8, 4) is 0 Å². The highest BCUT2D eigenvalue weighted by Crippen LogP contribution is 2.30. The average molecular weight is 791 g/mol. The number of rotatable bonds is 30. The maximum absolute atomic E-state index is 14.1. The SMILES string of the molecule is CCCCCCCCCCCCCCN(C(=O)NCCCCCCCCCCCC)[C@@H]1O[C@H](CO)[C@@H](O)[C@H](O)[C@H]1N(C(=O)OCc1ccccc1)C(=O)[C@H](C)N. The first-order valence-electron chi connectivity index (χ1n) is 22.1. The van der Waals surface area contributed by atoms with Gasteiger partial charge >= 0.3 is 12.1 Å². The largest absolute Gasteiger partial charge is 0.444 e. The number of benzene rings is 1. The van der Waals surface area contributed by atoms with E-state index >= 15 is 0 Å². The van der Waals surface area contributed by atoms with E-state index in [0.717, 1.165) is 51.4 Å². The number of carbonyl (C=O) groups is 3. The number of aliphatic hydroxyl groups excluding tert-OH is 3. The Labute approximate surface area is 338 Å². The van der Waals surface area contributed by atoms with Crippen LogP contribution in [-0.2, 0) is 20.9 Å². The topological polar surface area (TPSA) is 175 Å². The lowest BCUT2D eigenvalue weighted by atomic mass is 9.93. The first-order chi connectivity index (χ1) is 27.2. The van der Waals surface area contributed by atoms with Crippen molar-refractivity contribution in [3.05, 3.63) is 35.9 Å². The van der Waals surface area contributed by atoms with Gasteiger partial charge in [-0.15, -0.1) is 0 Å². The van der Waals surface area contributed by atoms with E-state index in [9.17, 15) is 29.7 Å². The Kier molecular flexibility index (Phi) is 26.7. The third kappa shape index (κ3) is 18.7. The second-order valence-corrected chi connectivity index (χ2v) is 15.8. The highest BCUT2D eigenvalue weighted by molar-refractivity contribution is 5.95. The standard InChI is InChI=1S/C44H78N4O8/c1-4-6-8-10-12-14-16-17-19-21-23-28-32-47(43(53)46-31-27-22-20-18-15-13-11-9-7-5-2)42-38(40(51)39(50)37(33-49)56-42)48(41(52)35(3)45)44(54)55-34-36-29-25-24-26-30-36/h24-26,29-30,35,37-40,42,49-51H,4-23,27-28,31-34,45H2,1-3H3,(H,46,53)/t35-,37+,38+,39+,40+,42+/m0/s1. The van der Waals surface area contributed by atoms with Crippen LogP contribution >= 0.6 is 0 Å². The van der Waals surface area contributed by atoms with E-state index in [1.807, 2.05) is 6.07 Å². The summed E-state index contributed by atoms with van der Waals surface area (Å²) in [6.45, 7) is 5.64. The number of aliphatic hydroxyl groups is 3. The third-order valence-electron chi connectivity index (χ3n) is 10.8. The maximum Gasteiger partial charge on any atom is 0.417 e. The number of urea groups is 1. The van der Waals surface area contributed by atoms with E-state index in [-0.39, 0.29) is 13.2 Å². The van der Waals surface area contributed by atoms with Crippen molar-refractivity contribution >= 4 is 18.0 Å². The molecule has 4 amide bonds. The second-order valence-electron chi connectivity index (χ2n) is 15.8. The van der Waals surface area contributed by atoms with Crippen molar-refractivity contribution in [2.75, 3.05) is 19.7 Å². The van der Waals surface area contributed by atoms with Gasteiger partial charge in [0.05, 0.1) is 12.6 Å². The fraction of sp³-hybridized carbons (Fsp3) is 0.795. The van der Waals surface area contributed by atoms with E-state index < -0.39 is 61.3 Å². The summed E-state index contributed by atoms with van der Waals surface area (Å²) >= 11 is 0. The van der Waals surface area contributed by atoms with E-state index in [1.54, 1.807) is 24.3 Å². The van der Waals surface area contributed by atoms with Gasteiger partial charge in [0.25, 0.3) is 0 Å². The molecule has 6 N–H and O–H groups in total. The van der Waals surface area contributed by atoms with E-state index in [2.05, 4.69) is 19.2 Å². The minimum atomic E-state index is -1.78. The maximum atomic E-state index is 14.1. The number of unbranched alkanes of at least 4 members (excludes halogenated alkanes) is 20. The molecule has 2 rings (SSSR count). The Balaban J connectivity index is 2.19. The number of nitrogens with zero attached hydrogens (tertiary/aromatic N) is 2. The summed E-state index contributed by atoms with van der Waals surface area (Å²) in [5.74, 6) is -0.869. The Bertz CT molecular complexity index is 1170. The molecular weight excluding hydrogens is 713 g/mol. The molecule has 1 saturated heterocycles. The van der Waals surface area contributed by atoms with Crippen LogP contribution in [0.15, 0.2) is 30.3 Å². The Morgan fingerprint density at radius 1 is 0.750 bits per heavy atom. The number of nitrogens with one attached hydrogen (secondary N) is 1. The second kappa shape index (κ2) is 30.3. The highest BCUT2D eigenvalue weighted by atomic mass is 16.6. The van der Waals surface area contributed by atoms with Crippen LogP contribution in [-0.4, -0.2) is 99.5 Å². The van der Waals surface area contributed by atoms with Crippen LogP contribution in [0.4, 0.5) is 9.59 Å². The lowest BCUT2D eigenvalue weighted by molar-refractivity contribution is -0.238. The van der Waals surface area contributed by atoms with Crippen molar-refractivity contribution in [2.24, 2.45) is 5.73 Å². The molecule has 0 bridgehead atoms. The molecule has 0 aromatic heterocycles. The van der Waals surface area contributed by atoms with Gasteiger partial charge in [0.2, 0.25) is 5.91 Å². The average Bonchev–Trinajstić information content (AvgIpc) is 3.20. The van der Waals surface area contributed by atoms with E-state index in [4.69, 9.17) is 15.2 Å². The third-order valence-corrected chi connectivity index (χ3v) is 10.8. The van der Waals surface area contributed by atoms with Gasteiger partial charge in [0, 0.05) is 13.1 Å². The van der Waals surface area contributed by atoms with Gasteiger partial charge in [-0.1, -0.05) is 173 Å². The molecule has 12 nitrogen and oxygen atoms in total. The summed E-state index contributed by atoms with van der Waals surface area (Å²) in [5.41, 5.74) is 6.70. The summed E-state index contributed by atoms with van der Waals surface area (Å²) in [6.07, 6.45) is 17.9. The van der Waals surface area contributed by atoms with Gasteiger partial charge in [-0.3, -0.25) is 9.69 Å². The molecule has 12 heteroatoms. The number of imide groups is 1. The van der Waals surface area contributed by atoms with E-state index in [1.165, 1.54) is 95.3 Å². The molecule has 322 valence electrons. The molecule has 1 aliphatic heterocycles. The molecular formula is C44H78N4O8. The number of nitrogens with two attached hydrogens (primary N) is 1. The van der Waals surface area contributed by atoms with Gasteiger partial charge in [-0.25, -0.2) is 14.5 Å². The zero-order chi connectivity index (χ0) is 41.0. The van der Waals surface area contributed by atoms with Crippen LogP contribution in [0.3, 0.4) is 0 Å². The van der Waals surface area contributed by atoms with Crippen LogP contribution < -0.4 is 11.1 Å². The van der Waals surface area contributed by atoms with Crippen molar-refractivity contribution in [1.82, 2.24) is 15.1 Å². The summed E-state index contributed by atoms with van der Waals surface area (Å²) in [4.78, 5) is 43.6. The zero-order valence-electron chi connectivity index (χ0n) is 35.1. The smallest absolute Gasteiger partial charge is 0.417 e. The van der Waals surface area contributed by atoms with Gasteiger partial charge in [0.1, 0.15) is 31.0 Å². The summed E-state index contributed by atoms with van der Waals surface area (Å²) in [7, 11) is 0. The van der Waals surface area contributed by atoms with Crippen molar-refractivity contribution in [3.63, 3.8) is 0 Å². The molecule has 1 aromatic carbocycles. The highest BCUT2D eigenvalue weighted by Gasteiger charge is 2.53. The summed E-state index contributed by atoms with van der Waals surface area (Å²) in [5, 5.41) is 35.8. The van der Waals surface area contributed by atoms with Gasteiger partial charge in [-0.05, 0) is 25.3 Å². The minimum absolute atomic E-state index is 0.166.